The number of hydrogen-bond donors (Lipinski definition) is 5. The van der Waals surface area contributed by atoms with Crippen molar-refractivity contribution in [2.45, 2.75) is 92.4 Å². The van der Waals surface area contributed by atoms with E-state index < -0.39 is 98.0 Å². The predicted octanol–water partition coefficient (Wildman–Crippen LogP) is 7.92. The monoisotopic (exact) mass is 840 g/mol. The lowest BCUT2D eigenvalue weighted by molar-refractivity contribution is -0.395. The Kier molecular flexibility index (Phi) is 20.1. The number of aliphatic carboxylic acids is 2. The van der Waals surface area contributed by atoms with Crippen LogP contribution in [0.4, 0.5) is 34.1 Å². The standard InChI is InChI=1S/3C10H12N2O5.2C2H4O2/c2*1-10(2,3)7-4-6(11(14)15)5-8(9(7)13)12(16)17;1-3-6(2)8-4-7(11(14)15)5-9(10(8)13)12(16)17;2*1-2(3)4/h2*4-5,13H,1-3H3;4-6,13H,3H2,1-2H3;2*1H3,(H,3,4). The van der Waals surface area contributed by atoms with Crippen molar-refractivity contribution in [1.29, 1.82) is 0 Å². The Morgan fingerprint density at radius 1 is 0.525 bits per heavy atom. The van der Waals surface area contributed by atoms with Gasteiger partial charge in [-0.1, -0.05) is 55.4 Å². The normalized spacial score (nSPS) is 10.8. The van der Waals surface area contributed by atoms with Gasteiger partial charge in [0, 0.05) is 48.7 Å². The molecule has 0 bridgehead atoms. The van der Waals surface area contributed by atoms with Crippen LogP contribution in [0.25, 0.3) is 0 Å². The molecule has 1 unspecified atom stereocenters. The maximum atomic E-state index is 10.7. The summed E-state index contributed by atoms with van der Waals surface area (Å²) < 4.78 is 0. The fourth-order valence-corrected chi connectivity index (χ4v) is 4.31. The van der Waals surface area contributed by atoms with E-state index in [2.05, 4.69) is 0 Å². The van der Waals surface area contributed by atoms with Gasteiger partial charge < -0.3 is 25.5 Å². The van der Waals surface area contributed by atoms with E-state index in [1.54, 1.807) is 48.5 Å². The number of phenolic OH excluding ortho intramolecular Hbond substituents is 3. The molecule has 0 heterocycles. The van der Waals surface area contributed by atoms with Gasteiger partial charge in [-0.3, -0.25) is 70.3 Å². The van der Waals surface area contributed by atoms with Crippen LogP contribution in [-0.2, 0) is 20.4 Å². The van der Waals surface area contributed by atoms with Crippen LogP contribution in [0.1, 0.15) is 98.3 Å². The second kappa shape index (κ2) is 22.2. The van der Waals surface area contributed by atoms with Crippen molar-refractivity contribution in [2.24, 2.45) is 0 Å². The topological polar surface area (TPSA) is 394 Å². The van der Waals surface area contributed by atoms with E-state index in [1.165, 1.54) is 6.07 Å². The van der Waals surface area contributed by atoms with Crippen molar-refractivity contribution in [2.75, 3.05) is 0 Å². The minimum atomic E-state index is -0.836. The molecule has 3 rings (SSSR count). The number of aromatic hydroxyl groups is 3. The molecule has 324 valence electrons. The number of hydrogen-bond acceptors (Lipinski definition) is 17. The summed E-state index contributed by atoms with van der Waals surface area (Å²) in [6, 6.07) is 5.76. The predicted molar refractivity (Wildman–Crippen MR) is 207 cm³/mol. The number of carboxylic acid groups (broad SMARTS) is 2. The molecule has 0 aliphatic carbocycles. The number of non-ortho nitro benzene ring substituents is 3. The second-order valence-corrected chi connectivity index (χ2v) is 14.0. The molecule has 3 aromatic carbocycles. The Morgan fingerprint density at radius 3 is 0.966 bits per heavy atom. The first-order valence-corrected chi connectivity index (χ1v) is 16.5. The van der Waals surface area contributed by atoms with Crippen LogP contribution in [0.2, 0.25) is 0 Å². The highest BCUT2D eigenvalue weighted by molar-refractivity contribution is 5.63. The zero-order chi connectivity index (χ0) is 47.1. The van der Waals surface area contributed by atoms with E-state index in [0.717, 1.165) is 44.2 Å². The smallest absolute Gasteiger partial charge is 0.317 e. The number of nitro benzene ring substituents is 6. The van der Waals surface area contributed by atoms with Gasteiger partial charge in [0.25, 0.3) is 29.0 Å². The highest BCUT2D eigenvalue weighted by Crippen LogP contribution is 2.42. The molecule has 0 saturated carbocycles. The summed E-state index contributed by atoms with van der Waals surface area (Å²) in [7, 11) is 0. The number of carbonyl (C=O) groups is 2. The number of benzene rings is 3. The van der Waals surface area contributed by atoms with Gasteiger partial charge in [-0.2, -0.15) is 0 Å². The van der Waals surface area contributed by atoms with Crippen molar-refractivity contribution in [3.05, 3.63) is 114 Å². The summed E-state index contributed by atoms with van der Waals surface area (Å²) in [6.45, 7) is 16.0. The maximum absolute atomic E-state index is 10.7. The minimum Gasteiger partial charge on any atom is -0.502 e. The van der Waals surface area contributed by atoms with Crippen LogP contribution in [0.5, 0.6) is 17.2 Å². The average Bonchev–Trinajstić information content (AvgIpc) is 3.06. The largest absolute Gasteiger partial charge is 0.502 e. The van der Waals surface area contributed by atoms with E-state index in [4.69, 9.17) is 19.8 Å². The van der Waals surface area contributed by atoms with E-state index >= 15 is 0 Å². The number of nitro groups is 6. The molecule has 0 fully saturated rings. The molecule has 25 nitrogen and oxygen atoms in total. The van der Waals surface area contributed by atoms with E-state index in [-0.39, 0.29) is 28.3 Å². The lowest BCUT2D eigenvalue weighted by Crippen LogP contribution is -2.12. The third-order valence-corrected chi connectivity index (χ3v) is 7.24. The second-order valence-electron chi connectivity index (χ2n) is 14.0. The van der Waals surface area contributed by atoms with Gasteiger partial charge in [0.05, 0.1) is 47.7 Å². The van der Waals surface area contributed by atoms with Gasteiger partial charge in [-0.15, -0.1) is 0 Å². The first kappa shape index (κ1) is 53.5. The average molecular weight is 841 g/mol. The summed E-state index contributed by atoms with van der Waals surface area (Å²) >= 11 is 0. The molecule has 25 heteroatoms. The van der Waals surface area contributed by atoms with Gasteiger partial charge in [0.15, 0.2) is 17.2 Å². The van der Waals surface area contributed by atoms with Gasteiger partial charge in [-0.05, 0) is 23.2 Å². The number of nitrogens with zero attached hydrogens (tertiary/aromatic N) is 6. The molecule has 1 atom stereocenters. The SMILES string of the molecule is CC(=O)O.CC(=O)O.CC(C)(C)c1cc([N+](=O)[O-])cc([N+](=O)[O-])c1O.CC(C)(C)c1cc([N+](=O)[O-])cc([N+](=O)[O-])c1O.CCC(C)c1cc([N+](=O)[O-])cc([N+](=O)[O-])c1O. The lowest BCUT2D eigenvalue weighted by Gasteiger charge is -2.19. The van der Waals surface area contributed by atoms with Crippen LogP contribution in [0, 0.1) is 60.7 Å². The molecule has 0 saturated heterocycles. The summed E-state index contributed by atoms with van der Waals surface area (Å²) in [5.74, 6) is -3.38. The van der Waals surface area contributed by atoms with Gasteiger partial charge in [0.1, 0.15) is 0 Å². The molecule has 5 N–H and O–H groups in total. The Labute approximate surface area is 334 Å². The molecule has 0 radical (unpaired) electrons. The number of rotatable bonds is 8. The van der Waals surface area contributed by atoms with Crippen molar-refractivity contribution in [3.63, 3.8) is 0 Å². The molecule has 59 heavy (non-hydrogen) atoms. The molecule has 0 amide bonds. The molecule has 0 aliphatic rings. The molecule has 0 aliphatic heterocycles. The summed E-state index contributed by atoms with van der Waals surface area (Å²) in [6.07, 6.45) is 0.617. The van der Waals surface area contributed by atoms with Gasteiger partial charge >= 0.3 is 17.1 Å². The molecular weight excluding hydrogens is 796 g/mol. The molecule has 3 aromatic rings. The van der Waals surface area contributed by atoms with Crippen LogP contribution >= 0.6 is 0 Å². The van der Waals surface area contributed by atoms with Crippen LogP contribution in [-0.4, -0.2) is 67.0 Å². The number of phenols is 3. The highest BCUT2D eigenvalue weighted by atomic mass is 16.6. The summed E-state index contributed by atoms with van der Waals surface area (Å²) in [4.78, 5) is 77.4. The lowest BCUT2D eigenvalue weighted by atomic mass is 9.85. The van der Waals surface area contributed by atoms with E-state index in [1.807, 2.05) is 6.92 Å². The Morgan fingerprint density at radius 2 is 0.763 bits per heavy atom. The molecule has 0 spiro atoms. The van der Waals surface area contributed by atoms with Crippen molar-refractivity contribution >= 4 is 46.1 Å². The third kappa shape index (κ3) is 17.4. The Balaban J connectivity index is 0. The minimum absolute atomic E-state index is 0.179. The van der Waals surface area contributed by atoms with Crippen molar-refractivity contribution in [3.8, 4) is 17.2 Å². The first-order chi connectivity index (χ1) is 26.6. The quantitative estimate of drug-likeness (QED) is 0.106. The van der Waals surface area contributed by atoms with Crippen molar-refractivity contribution < 1.29 is 64.7 Å². The Hall–Kier alpha value is -7.60. The maximum Gasteiger partial charge on any atom is 0.317 e. The summed E-state index contributed by atoms with van der Waals surface area (Å²) in [5, 5.41) is 108. The van der Waals surface area contributed by atoms with Gasteiger partial charge in [0.2, 0.25) is 0 Å². The van der Waals surface area contributed by atoms with Crippen LogP contribution in [0.15, 0.2) is 36.4 Å². The molecular formula is C34H44N6O19. The zero-order valence-electron chi connectivity index (χ0n) is 33.4. The zero-order valence-corrected chi connectivity index (χ0v) is 33.4. The number of carboxylic acids is 2. The first-order valence-electron chi connectivity index (χ1n) is 16.5. The fourth-order valence-electron chi connectivity index (χ4n) is 4.31. The van der Waals surface area contributed by atoms with E-state index in [9.17, 15) is 76.0 Å². The van der Waals surface area contributed by atoms with Gasteiger partial charge in [-0.25, -0.2) is 0 Å². The van der Waals surface area contributed by atoms with Crippen LogP contribution < -0.4 is 0 Å². The fraction of sp³-hybridized carbons (Fsp3) is 0.412. The van der Waals surface area contributed by atoms with E-state index in [0.29, 0.717) is 6.42 Å². The third-order valence-electron chi connectivity index (χ3n) is 7.24. The highest BCUT2D eigenvalue weighted by Gasteiger charge is 2.31. The van der Waals surface area contributed by atoms with Crippen LogP contribution in [0.3, 0.4) is 0 Å². The van der Waals surface area contributed by atoms with Crippen molar-refractivity contribution in [1.82, 2.24) is 0 Å². The molecule has 0 aromatic heterocycles. The Bertz CT molecular complexity index is 1980. The summed E-state index contributed by atoms with van der Waals surface area (Å²) in [5.41, 5.74) is -3.78.